The summed E-state index contributed by atoms with van der Waals surface area (Å²) in [7, 11) is 0. The summed E-state index contributed by atoms with van der Waals surface area (Å²) in [6.45, 7) is 3.45. The number of amides is 2. The van der Waals surface area contributed by atoms with Crippen LogP contribution < -0.4 is 15.4 Å². The van der Waals surface area contributed by atoms with Gasteiger partial charge in [0.2, 0.25) is 5.91 Å². The van der Waals surface area contributed by atoms with Gasteiger partial charge >= 0.3 is 5.97 Å². The zero-order chi connectivity index (χ0) is 26.6. The van der Waals surface area contributed by atoms with Crippen molar-refractivity contribution in [1.29, 1.82) is 0 Å². The third-order valence-corrected chi connectivity index (χ3v) is 6.69. The summed E-state index contributed by atoms with van der Waals surface area (Å²) in [5.74, 6) is -0.877. The zero-order valence-electron chi connectivity index (χ0n) is 20.8. The maximum atomic E-state index is 13.2. The van der Waals surface area contributed by atoms with Crippen molar-refractivity contribution in [3.63, 3.8) is 0 Å². The summed E-state index contributed by atoms with van der Waals surface area (Å²) in [5.41, 5.74) is 1.17. The second kappa shape index (κ2) is 14.7. The molecule has 37 heavy (non-hydrogen) atoms. The predicted molar refractivity (Wildman–Crippen MR) is 148 cm³/mol. The molecule has 0 aromatic heterocycles. The number of thiocarbonyl (C=S) groups is 1. The minimum Gasteiger partial charge on any atom is -0.493 e. The van der Waals surface area contributed by atoms with Gasteiger partial charge in [-0.25, -0.2) is 0 Å². The molecule has 8 nitrogen and oxygen atoms in total. The van der Waals surface area contributed by atoms with Crippen LogP contribution in [0.25, 0.3) is 0 Å². The molecule has 1 saturated heterocycles. The molecule has 0 radical (unpaired) electrons. The molecule has 0 bridgehead atoms. The lowest BCUT2D eigenvalue weighted by Gasteiger charge is -2.36. The van der Waals surface area contributed by atoms with E-state index in [1.165, 1.54) is 0 Å². The number of nitrogens with zero attached hydrogens (tertiary/aromatic N) is 1. The highest BCUT2D eigenvalue weighted by Gasteiger charge is 2.34. The Kier molecular flexibility index (Phi) is 11.3. The third kappa shape index (κ3) is 8.82. The maximum absolute atomic E-state index is 13.2. The summed E-state index contributed by atoms with van der Waals surface area (Å²) in [6.07, 6.45) is 4.02. The number of rotatable bonds is 11. The van der Waals surface area contributed by atoms with Crippen molar-refractivity contribution in [1.82, 2.24) is 15.5 Å². The summed E-state index contributed by atoms with van der Waals surface area (Å²) in [5, 5.41) is 5.52. The number of carbonyl (C=O) groups is 3. The van der Waals surface area contributed by atoms with Gasteiger partial charge in [-0.15, -0.1) is 0 Å². The molecule has 2 aromatic carbocycles. The highest BCUT2D eigenvalue weighted by molar-refractivity contribution is 9.10. The molecule has 1 atom stereocenters. The van der Waals surface area contributed by atoms with E-state index in [1.807, 2.05) is 36.4 Å². The summed E-state index contributed by atoms with van der Waals surface area (Å²) >= 11 is 8.90. The molecular formula is C27H32BrN3O5S. The van der Waals surface area contributed by atoms with Crippen molar-refractivity contribution in [2.45, 2.75) is 51.7 Å². The van der Waals surface area contributed by atoms with Crippen molar-refractivity contribution in [3.05, 3.63) is 64.1 Å². The van der Waals surface area contributed by atoms with Gasteiger partial charge in [0.25, 0.3) is 5.91 Å². The van der Waals surface area contributed by atoms with Crippen LogP contribution in [-0.2, 0) is 20.9 Å². The average molecular weight is 591 g/mol. The van der Waals surface area contributed by atoms with E-state index >= 15 is 0 Å². The fraction of sp³-hybridized carbons (Fsp3) is 0.407. The van der Waals surface area contributed by atoms with E-state index in [9.17, 15) is 14.4 Å². The Morgan fingerprint density at radius 1 is 1.16 bits per heavy atom. The van der Waals surface area contributed by atoms with Gasteiger partial charge in [-0.3, -0.25) is 19.7 Å². The van der Waals surface area contributed by atoms with Gasteiger partial charge in [0.1, 0.15) is 18.4 Å². The Morgan fingerprint density at radius 3 is 2.70 bits per heavy atom. The van der Waals surface area contributed by atoms with E-state index in [0.717, 1.165) is 35.7 Å². The van der Waals surface area contributed by atoms with Crippen molar-refractivity contribution in [3.8, 4) is 5.75 Å². The number of hydrogen-bond donors (Lipinski definition) is 2. The first-order valence-electron chi connectivity index (χ1n) is 12.4. The van der Waals surface area contributed by atoms with Crippen LogP contribution in [-0.4, -0.2) is 53.5 Å². The highest BCUT2D eigenvalue weighted by Crippen LogP contribution is 2.24. The molecule has 1 aliphatic heterocycles. The minimum atomic E-state index is -0.887. The van der Waals surface area contributed by atoms with E-state index in [2.05, 4.69) is 33.5 Å². The second-order valence-electron chi connectivity index (χ2n) is 8.66. The van der Waals surface area contributed by atoms with Gasteiger partial charge in [-0.1, -0.05) is 72.4 Å². The van der Waals surface area contributed by atoms with Crippen LogP contribution in [0.4, 0.5) is 0 Å². The van der Waals surface area contributed by atoms with Crippen LogP contribution >= 0.6 is 28.1 Å². The molecule has 198 valence electrons. The van der Waals surface area contributed by atoms with E-state index in [1.54, 1.807) is 17.0 Å². The van der Waals surface area contributed by atoms with Gasteiger partial charge in [0.15, 0.2) is 5.11 Å². The molecule has 2 aromatic rings. The van der Waals surface area contributed by atoms with Gasteiger partial charge < -0.3 is 19.7 Å². The lowest BCUT2D eigenvalue weighted by Crippen LogP contribution is -2.60. The Hall–Kier alpha value is -2.98. The first-order valence-corrected chi connectivity index (χ1v) is 13.6. The SMILES string of the molecule is CCCCCCOc1ccc(Br)cc1C(=O)NC(=S)N1CCNC(=O)C1CC(=O)OCc1ccccc1. The van der Waals surface area contributed by atoms with Gasteiger partial charge in [0.05, 0.1) is 18.6 Å². The second-order valence-corrected chi connectivity index (χ2v) is 9.96. The molecule has 1 fully saturated rings. The molecule has 10 heteroatoms. The molecule has 0 aliphatic carbocycles. The number of esters is 1. The number of carbonyl (C=O) groups excluding carboxylic acids is 3. The van der Waals surface area contributed by atoms with Crippen molar-refractivity contribution >= 4 is 51.0 Å². The number of nitrogens with one attached hydrogen (secondary N) is 2. The fourth-order valence-corrected chi connectivity index (χ4v) is 4.54. The van der Waals surface area contributed by atoms with Gasteiger partial charge in [-0.2, -0.15) is 0 Å². The van der Waals surface area contributed by atoms with Crippen LogP contribution in [0.1, 0.15) is 54.9 Å². The molecular weight excluding hydrogens is 558 g/mol. The standard InChI is InChI=1S/C27H32BrN3O5S/c1-2-3-4-8-15-35-23-12-11-20(28)16-21(23)25(33)30-27(37)31-14-13-29-26(34)22(31)17-24(32)36-18-19-9-6-5-7-10-19/h5-7,9-12,16,22H,2-4,8,13-15,17-18H2,1H3,(H,29,34)(H,30,33,37). The van der Waals surface area contributed by atoms with Gasteiger partial charge in [0, 0.05) is 17.6 Å². The van der Waals surface area contributed by atoms with E-state index < -0.39 is 17.9 Å². The van der Waals surface area contributed by atoms with Crippen LogP contribution in [0, 0.1) is 0 Å². The molecule has 1 aliphatic rings. The predicted octanol–water partition coefficient (Wildman–Crippen LogP) is 4.36. The molecule has 0 saturated carbocycles. The fourth-order valence-electron chi connectivity index (χ4n) is 3.87. The largest absolute Gasteiger partial charge is 0.493 e. The smallest absolute Gasteiger partial charge is 0.308 e. The molecule has 0 spiro atoms. The van der Waals surface area contributed by atoms with Crippen LogP contribution in [0.2, 0.25) is 0 Å². The first kappa shape index (κ1) is 28.6. The number of unbranched alkanes of at least 4 members (excludes halogenated alkanes) is 3. The maximum Gasteiger partial charge on any atom is 0.308 e. The highest BCUT2D eigenvalue weighted by atomic mass is 79.9. The molecule has 3 rings (SSSR count). The Balaban J connectivity index is 1.62. The Labute approximate surface area is 231 Å². The summed E-state index contributed by atoms with van der Waals surface area (Å²) < 4.78 is 11.9. The van der Waals surface area contributed by atoms with Crippen LogP contribution in [0.3, 0.4) is 0 Å². The number of halogens is 1. The van der Waals surface area contributed by atoms with E-state index in [-0.39, 0.29) is 24.0 Å². The minimum absolute atomic E-state index is 0.0644. The monoisotopic (exact) mass is 589 g/mol. The summed E-state index contributed by atoms with van der Waals surface area (Å²) in [4.78, 5) is 39.8. The molecule has 2 N–H and O–H groups in total. The van der Waals surface area contributed by atoms with Crippen molar-refractivity contribution in [2.75, 3.05) is 19.7 Å². The molecule has 1 heterocycles. The van der Waals surface area contributed by atoms with E-state index in [0.29, 0.717) is 31.0 Å². The van der Waals surface area contributed by atoms with Crippen LogP contribution in [0.15, 0.2) is 53.0 Å². The first-order chi connectivity index (χ1) is 17.9. The zero-order valence-corrected chi connectivity index (χ0v) is 23.2. The summed E-state index contributed by atoms with van der Waals surface area (Å²) in [6, 6.07) is 13.6. The number of ether oxygens (including phenoxy) is 2. The van der Waals surface area contributed by atoms with Gasteiger partial charge in [-0.05, 0) is 42.4 Å². The van der Waals surface area contributed by atoms with Crippen molar-refractivity contribution in [2.24, 2.45) is 0 Å². The average Bonchev–Trinajstić information content (AvgIpc) is 2.89. The lowest BCUT2D eigenvalue weighted by molar-refractivity contribution is -0.148. The number of piperazine rings is 1. The molecule has 1 unspecified atom stereocenters. The normalized spacial score (nSPS) is 15.0. The lowest BCUT2D eigenvalue weighted by atomic mass is 10.1. The van der Waals surface area contributed by atoms with Crippen molar-refractivity contribution < 1.29 is 23.9 Å². The quantitative estimate of drug-likeness (QED) is 0.228. The third-order valence-electron chi connectivity index (χ3n) is 5.86. The Bertz CT molecular complexity index is 1100. The van der Waals surface area contributed by atoms with Crippen LogP contribution in [0.5, 0.6) is 5.75 Å². The molecule has 2 amide bonds. The number of benzene rings is 2. The Morgan fingerprint density at radius 2 is 1.95 bits per heavy atom. The topological polar surface area (TPSA) is 97.0 Å². The van der Waals surface area contributed by atoms with E-state index in [4.69, 9.17) is 21.7 Å². The number of hydrogen-bond acceptors (Lipinski definition) is 6.